The molecule has 2 aromatic rings. The Hall–Kier alpha value is -7.64. The van der Waals surface area contributed by atoms with E-state index in [9.17, 15) is 53.1 Å². The van der Waals surface area contributed by atoms with Gasteiger partial charge in [0.25, 0.3) is 0 Å². The lowest BCUT2D eigenvalue weighted by molar-refractivity contribution is -0.148. The van der Waals surface area contributed by atoms with Crippen LogP contribution in [0.2, 0.25) is 0 Å². The highest BCUT2D eigenvalue weighted by Crippen LogP contribution is 2.33. The molecule has 576 valence electrons. The largest absolute Gasteiger partial charge is 0.445 e. The van der Waals surface area contributed by atoms with E-state index in [1.54, 1.807) is 94.8 Å². The maximum atomic E-state index is 14.9. The van der Waals surface area contributed by atoms with Crippen LogP contribution in [-0.2, 0) is 59.2 Å². The molecule has 15 atom stereocenters. The number of allylic oxidation sites excluding steroid dienone is 2. The highest BCUT2D eigenvalue weighted by Gasteiger charge is 2.44. The summed E-state index contributed by atoms with van der Waals surface area (Å²) in [5, 5.41) is 31.1. The molecule has 5 rings (SSSR count). The number of amides is 11. The van der Waals surface area contributed by atoms with E-state index in [0.717, 1.165) is 32.1 Å². The number of nitrogens with zero attached hydrogens (tertiary/aromatic N) is 3. The van der Waals surface area contributed by atoms with E-state index in [0.29, 0.717) is 60.9 Å². The van der Waals surface area contributed by atoms with Crippen LogP contribution in [-0.4, -0.2) is 181 Å². The minimum atomic E-state index is -1.11. The number of fused-ring (bicyclic) bond motifs is 4. The second kappa shape index (κ2) is 43.6. The number of nitrogens with one attached hydrogen (secondary N) is 7. The van der Waals surface area contributed by atoms with E-state index in [-0.39, 0.29) is 80.9 Å². The van der Waals surface area contributed by atoms with Crippen LogP contribution in [0.15, 0.2) is 66.7 Å². The number of carbonyl (C=O) groups excluding carboxylic acids is 10. The number of primary amides is 1. The molecule has 3 aliphatic rings. The maximum Gasteiger partial charge on any atom is 0.410 e. The van der Waals surface area contributed by atoms with Gasteiger partial charge in [0.05, 0.1) is 48.8 Å². The van der Waals surface area contributed by atoms with Gasteiger partial charge in [-0.1, -0.05) is 143 Å². The molecule has 11 amide bonds. The summed E-state index contributed by atoms with van der Waals surface area (Å²) in [6.45, 7) is 18.5. The molecule has 25 nitrogen and oxygen atoms in total. The third-order valence-electron chi connectivity index (χ3n) is 21.1. The molecule has 2 aliphatic carbocycles. The zero-order valence-electron chi connectivity index (χ0n) is 64.0. The number of nitrogens with two attached hydrogens (primary N) is 1. The predicted octanol–water partition coefficient (Wildman–Crippen LogP) is 8.96. The van der Waals surface area contributed by atoms with Crippen molar-refractivity contribution >= 4 is 65.1 Å². The van der Waals surface area contributed by atoms with E-state index >= 15 is 0 Å². The number of anilines is 1. The van der Waals surface area contributed by atoms with Crippen molar-refractivity contribution in [2.45, 2.75) is 264 Å². The first kappa shape index (κ1) is 86.0. The fourth-order valence-corrected chi connectivity index (χ4v) is 14.8. The fourth-order valence-electron chi connectivity index (χ4n) is 14.8. The van der Waals surface area contributed by atoms with Crippen LogP contribution < -0.4 is 43.0 Å². The van der Waals surface area contributed by atoms with Crippen molar-refractivity contribution in [1.29, 1.82) is 0 Å². The van der Waals surface area contributed by atoms with Crippen molar-refractivity contribution in [3.05, 3.63) is 77.9 Å². The third kappa shape index (κ3) is 27.1. The molecule has 1 heterocycles. The highest BCUT2D eigenvalue weighted by atomic mass is 16.6. The molecule has 1 aliphatic heterocycles. The summed E-state index contributed by atoms with van der Waals surface area (Å²) < 4.78 is 17.8. The molecule has 3 unspecified atom stereocenters. The molecule has 0 radical (unpaired) electrons. The van der Waals surface area contributed by atoms with Crippen LogP contribution in [0.25, 0.3) is 0 Å². The van der Waals surface area contributed by atoms with E-state index in [4.69, 9.17) is 19.9 Å². The quantitative estimate of drug-likeness (QED) is 0.0225. The lowest BCUT2D eigenvalue weighted by Crippen LogP contribution is -2.60. The molecule has 103 heavy (non-hydrogen) atoms. The lowest BCUT2D eigenvalue weighted by Gasteiger charge is -2.41. The van der Waals surface area contributed by atoms with Gasteiger partial charge < -0.3 is 72.1 Å². The van der Waals surface area contributed by atoms with E-state index in [1.165, 1.54) is 58.3 Å². The summed E-state index contributed by atoms with van der Waals surface area (Å²) in [6.07, 6.45) is 15.4. The molecular weight excluding hydrogens is 1310 g/mol. The number of urea groups is 1. The normalized spacial score (nSPS) is 20.6. The molecule has 2 bridgehead atoms. The van der Waals surface area contributed by atoms with E-state index < -0.39 is 120 Å². The van der Waals surface area contributed by atoms with Gasteiger partial charge in [-0.25, -0.2) is 9.59 Å². The molecular formula is C78H125N11O14. The summed E-state index contributed by atoms with van der Waals surface area (Å²) >= 11 is 0. The van der Waals surface area contributed by atoms with Gasteiger partial charge in [0.15, 0.2) is 0 Å². The minimum absolute atomic E-state index is 0.0233. The van der Waals surface area contributed by atoms with Crippen molar-refractivity contribution < 1.29 is 67.3 Å². The first-order valence-electron chi connectivity index (χ1n) is 37.8. The molecule has 10 N–H and O–H groups in total. The van der Waals surface area contributed by atoms with Crippen LogP contribution >= 0.6 is 0 Å². The van der Waals surface area contributed by atoms with E-state index in [2.05, 4.69) is 49.4 Å². The molecule has 25 heteroatoms. The first-order chi connectivity index (χ1) is 49.0. The number of hydrogen-bond donors (Lipinski definition) is 9. The van der Waals surface area contributed by atoms with Gasteiger partial charge in [-0.15, -0.1) is 0 Å². The summed E-state index contributed by atoms with van der Waals surface area (Å²) in [5.74, 6) is -4.09. The van der Waals surface area contributed by atoms with E-state index in [1.807, 2.05) is 45.9 Å². The molecule has 1 saturated heterocycles. The third-order valence-corrected chi connectivity index (χ3v) is 21.1. The number of likely N-dealkylation sites (N-methyl/N-ethyl adjacent to an activating group) is 2. The molecule has 0 spiro atoms. The van der Waals surface area contributed by atoms with Crippen LogP contribution in [0.4, 0.5) is 15.3 Å². The Kier molecular flexibility index (Phi) is 36.4. The Morgan fingerprint density at radius 2 is 1.34 bits per heavy atom. The lowest BCUT2D eigenvalue weighted by atomic mass is 9.83. The second-order valence-electron chi connectivity index (χ2n) is 30.0. The van der Waals surface area contributed by atoms with Crippen molar-refractivity contribution in [2.75, 3.05) is 46.7 Å². The smallest absolute Gasteiger partial charge is 0.410 e. The van der Waals surface area contributed by atoms with Gasteiger partial charge in [0, 0.05) is 66.0 Å². The average Bonchev–Trinajstić information content (AvgIpc) is 1.53. The Morgan fingerprint density at radius 3 is 1.98 bits per heavy atom. The SMILES string of the molecule is CC[C@H](C)[C@@H]([C@@H](CC(=O)N1CCC[C@H]1[C@H](OC)[C@@H](C)C(=O)N[C@H](C)[C@@H](O)c1ccccc1)OC)N(C)C(=O)[C@@H](NC(=O)[C@H](C(C)C)N(C)C(=O)OCc1ccc(NC(=O)[C@H](CCCNC(N)=O)NC(=O)[C@@H](NC(=O)CCCC(=O)NC2CCC3/C=C\CCCC(CCC3)CC2)C(C)C)cc1)C(C)C. The molecule has 2 fully saturated rings. The van der Waals surface area contributed by atoms with Gasteiger partial charge in [0.2, 0.25) is 47.3 Å². The number of methoxy groups -OCH3 is 2. The van der Waals surface area contributed by atoms with Crippen LogP contribution in [0.3, 0.4) is 0 Å². The summed E-state index contributed by atoms with van der Waals surface area (Å²) in [7, 11) is 6.11. The minimum Gasteiger partial charge on any atom is -0.445 e. The monoisotopic (exact) mass is 1440 g/mol. The van der Waals surface area contributed by atoms with Crippen molar-refractivity contribution in [3.8, 4) is 0 Å². The van der Waals surface area contributed by atoms with Gasteiger partial charge >= 0.3 is 12.1 Å². The summed E-state index contributed by atoms with van der Waals surface area (Å²) in [6, 6.07) is 8.96. The Balaban J connectivity index is 1.16. The highest BCUT2D eigenvalue weighted by molar-refractivity contribution is 5.98. The van der Waals surface area contributed by atoms with Gasteiger partial charge in [-0.2, -0.15) is 0 Å². The number of likely N-dealkylation sites (tertiary alicyclic amines) is 1. The zero-order valence-corrected chi connectivity index (χ0v) is 64.0. The molecule has 1 saturated carbocycles. The summed E-state index contributed by atoms with van der Waals surface area (Å²) in [5.41, 5.74) is 6.85. The Labute approximate surface area is 612 Å². The number of aliphatic hydroxyl groups excluding tert-OH is 1. The van der Waals surface area contributed by atoms with Crippen molar-refractivity contribution in [3.63, 3.8) is 0 Å². The van der Waals surface area contributed by atoms with Crippen LogP contribution in [0.1, 0.15) is 208 Å². The second-order valence-corrected chi connectivity index (χ2v) is 30.0. The van der Waals surface area contributed by atoms with Crippen molar-refractivity contribution in [2.24, 2.45) is 47.2 Å². The fraction of sp³-hybridized carbons (Fsp3) is 0.692. The number of ether oxygens (including phenoxy) is 3. The van der Waals surface area contributed by atoms with Gasteiger partial charge in [-0.05, 0) is 143 Å². The van der Waals surface area contributed by atoms with Gasteiger partial charge in [0.1, 0.15) is 30.8 Å². The van der Waals surface area contributed by atoms with Gasteiger partial charge in [-0.3, -0.25) is 43.3 Å². The number of carbonyl (C=O) groups is 10. The van der Waals surface area contributed by atoms with Crippen LogP contribution in [0, 0.1) is 41.4 Å². The number of aliphatic hydroxyl groups is 1. The Bertz CT molecular complexity index is 3060. The molecule has 0 aromatic heterocycles. The predicted molar refractivity (Wildman–Crippen MR) is 397 cm³/mol. The zero-order chi connectivity index (χ0) is 76.0. The van der Waals surface area contributed by atoms with Crippen molar-refractivity contribution in [1.82, 2.24) is 46.6 Å². The first-order valence-corrected chi connectivity index (χ1v) is 37.8. The maximum absolute atomic E-state index is 14.9. The van der Waals surface area contributed by atoms with Crippen LogP contribution in [0.5, 0.6) is 0 Å². The average molecular weight is 1440 g/mol. The summed E-state index contributed by atoms with van der Waals surface area (Å²) in [4.78, 5) is 142. The Morgan fingerprint density at radius 1 is 0.670 bits per heavy atom. The molecule has 2 aromatic carbocycles. The number of rotatable bonds is 37. The standard InChI is InChI=1S/C78H125N11O14/c1-15-51(8)69(62(101-13)46-65(92)89-45-25-33-61(89)71(102-14)52(9)72(94)81-53(10)70(93)57-30-20-17-21-31-57)87(11)76(98)67(49(4)5)86-75(97)68(50(6)7)88(12)78(100)103-47-56-38-42-59(43-39-56)83-73(95)60(32-24-44-80-77(79)99)84-74(96)66(48(2)3)85-64(91)35-23-34-63(90)82-58-40-36-54-26-18-16-19-27-55(37-41-58)29-22-28-54/h17-18,20-21,26,30-31,38-39,42-43,48-55,58,60-62,66-71,93H,15-16,19,22-25,27-29,32-37,40-41,44-47H2,1-14H3,(H,81,94)(H,82,90)(H,83,95)(H,84,96)(H,85,91)(H,86,97)(H3,79,80,99)/b26-18-/t51-,52+,53+,54?,55?,58?,60-,61-,62+,66-,67-,68-,69-,70+,71+/m0/s1. The number of hydrogen-bond acceptors (Lipinski definition) is 14. The number of benzene rings is 2. The topological polar surface area (TPSA) is 339 Å².